The summed E-state index contributed by atoms with van der Waals surface area (Å²) in [5, 5.41) is 10.1. The van der Waals surface area contributed by atoms with Gasteiger partial charge in [-0.25, -0.2) is 0 Å². The molecule has 6 atom stereocenters. The van der Waals surface area contributed by atoms with Crippen LogP contribution in [-0.2, 0) is 23.9 Å². The van der Waals surface area contributed by atoms with Gasteiger partial charge in [0.1, 0.15) is 23.2 Å². The van der Waals surface area contributed by atoms with Gasteiger partial charge in [-0.15, -0.1) is 0 Å². The van der Waals surface area contributed by atoms with Crippen LogP contribution in [0.1, 0.15) is 52.9 Å². The normalized spacial score (nSPS) is 36.6. The first-order valence-electron chi connectivity index (χ1n) is 12.3. The summed E-state index contributed by atoms with van der Waals surface area (Å²) in [6, 6.07) is -1.46. The van der Waals surface area contributed by atoms with Crippen molar-refractivity contribution in [3.05, 3.63) is 24.3 Å². The van der Waals surface area contributed by atoms with Gasteiger partial charge in [-0.05, 0) is 25.7 Å². The van der Waals surface area contributed by atoms with E-state index in [1.54, 1.807) is 4.90 Å². The largest absolute Gasteiger partial charge is 0.465 e. The van der Waals surface area contributed by atoms with Crippen molar-refractivity contribution < 1.29 is 29.0 Å². The van der Waals surface area contributed by atoms with Gasteiger partial charge in [0.05, 0.1) is 25.2 Å². The standard InChI is InChI=1S/C25H36N2O6/c1-4-7-13-26-14-10-12-25-18(21(29)27(17(5-2)16-28)20(25)22(26)30)19-23(31)32-15-9-8-11-24(19,6-3)33-25/h8,10-12,17-20,28H,4-7,9,13-16H2,1-3H3/t17-,18-,19+,20?,24-,25-/m0/s1. The summed E-state index contributed by atoms with van der Waals surface area (Å²) in [6.45, 7) is 6.88. The molecule has 8 heteroatoms. The molecular weight excluding hydrogens is 424 g/mol. The molecule has 0 aliphatic carbocycles. The molecule has 0 radical (unpaired) electrons. The number of hydrogen-bond acceptors (Lipinski definition) is 6. The molecule has 0 aromatic heterocycles. The molecule has 4 aliphatic rings. The molecule has 1 unspecified atom stereocenters. The third kappa shape index (κ3) is 3.53. The topological polar surface area (TPSA) is 96.4 Å². The zero-order valence-electron chi connectivity index (χ0n) is 19.9. The Morgan fingerprint density at radius 1 is 1.12 bits per heavy atom. The third-order valence-electron chi connectivity index (χ3n) is 7.78. The molecule has 33 heavy (non-hydrogen) atoms. The summed E-state index contributed by atoms with van der Waals surface area (Å²) in [4.78, 5) is 44.6. The molecule has 4 rings (SSSR count). The number of aliphatic hydroxyl groups is 1. The predicted octanol–water partition coefficient (Wildman–Crippen LogP) is 1.82. The van der Waals surface area contributed by atoms with Crippen LogP contribution >= 0.6 is 0 Å². The Morgan fingerprint density at radius 3 is 2.58 bits per heavy atom. The second kappa shape index (κ2) is 9.22. The minimum Gasteiger partial charge on any atom is -0.465 e. The van der Waals surface area contributed by atoms with E-state index in [2.05, 4.69) is 6.92 Å². The van der Waals surface area contributed by atoms with Crippen molar-refractivity contribution in [2.45, 2.75) is 76.2 Å². The van der Waals surface area contributed by atoms with Gasteiger partial charge in [-0.1, -0.05) is 51.5 Å². The van der Waals surface area contributed by atoms with E-state index in [0.29, 0.717) is 32.4 Å². The quantitative estimate of drug-likeness (QED) is 0.460. The minimum absolute atomic E-state index is 0.186. The van der Waals surface area contributed by atoms with Gasteiger partial charge in [0.25, 0.3) is 0 Å². The van der Waals surface area contributed by atoms with Crippen molar-refractivity contribution in [1.82, 2.24) is 9.80 Å². The predicted molar refractivity (Wildman–Crippen MR) is 121 cm³/mol. The average molecular weight is 461 g/mol. The summed E-state index contributed by atoms with van der Waals surface area (Å²) in [6.07, 6.45) is 10.9. The van der Waals surface area contributed by atoms with Crippen LogP contribution in [0.25, 0.3) is 0 Å². The van der Waals surface area contributed by atoms with E-state index >= 15 is 0 Å². The van der Waals surface area contributed by atoms with Gasteiger partial charge >= 0.3 is 5.97 Å². The minimum atomic E-state index is -1.29. The van der Waals surface area contributed by atoms with E-state index in [4.69, 9.17) is 9.47 Å². The maximum Gasteiger partial charge on any atom is 0.313 e. The number of aliphatic hydroxyl groups excluding tert-OH is 1. The first kappa shape index (κ1) is 24.0. The van der Waals surface area contributed by atoms with Gasteiger partial charge in [-0.2, -0.15) is 0 Å². The number of likely N-dealkylation sites (tertiary alicyclic amines) is 1. The molecule has 8 nitrogen and oxygen atoms in total. The fraction of sp³-hybridized carbons (Fsp3) is 0.720. The molecule has 4 heterocycles. The van der Waals surface area contributed by atoms with Crippen LogP contribution < -0.4 is 0 Å². The van der Waals surface area contributed by atoms with Crippen LogP contribution in [0.15, 0.2) is 24.3 Å². The second-order valence-electron chi connectivity index (χ2n) is 9.51. The first-order valence-corrected chi connectivity index (χ1v) is 12.3. The van der Waals surface area contributed by atoms with Crippen molar-refractivity contribution in [3.63, 3.8) is 0 Å². The summed E-state index contributed by atoms with van der Waals surface area (Å²) in [5.74, 6) is -2.70. The molecule has 2 amide bonds. The average Bonchev–Trinajstić information content (AvgIpc) is 3.15. The summed E-state index contributed by atoms with van der Waals surface area (Å²) in [7, 11) is 0. The van der Waals surface area contributed by atoms with Crippen molar-refractivity contribution >= 4 is 17.8 Å². The molecular formula is C25H36N2O6. The van der Waals surface area contributed by atoms with Crippen molar-refractivity contribution in [2.24, 2.45) is 11.8 Å². The van der Waals surface area contributed by atoms with E-state index in [1.165, 1.54) is 4.90 Å². The SMILES string of the molecule is CCCCN1CC=C[C@]23O[C@@]4(CC)C=CCCOC(=O)[C@H]4[C@H]2C(=O)N([C@@H](CC)CO)C3C1=O. The lowest BCUT2D eigenvalue weighted by molar-refractivity contribution is -0.163. The van der Waals surface area contributed by atoms with Gasteiger partial charge in [0.15, 0.2) is 0 Å². The Balaban J connectivity index is 1.89. The summed E-state index contributed by atoms with van der Waals surface area (Å²) >= 11 is 0. The lowest BCUT2D eigenvalue weighted by Gasteiger charge is -2.40. The maximum absolute atomic E-state index is 14.0. The van der Waals surface area contributed by atoms with E-state index in [1.807, 2.05) is 38.2 Å². The van der Waals surface area contributed by atoms with Gasteiger partial charge < -0.3 is 24.4 Å². The highest BCUT2D eigenvalue weighted by Crippen LogP contribution is 2.58. The molecule has 1 spiro atoms. The number of fused-ring (bicyclic) bond motifs is 2. The van der Waals surface area contributed by atoms with E-state index in [9.17, 15) is 19.5 Å². The Kier molecular flexibility index (Phi) is 6.69. The second-order valence-corrected chi connectivity index (χ2v) is 9.51. The number of rotatable bonds is 7. The smallest absolute Gasteiger partial charge is 0.313 e. The fourth-order valence-electron chi connectivity index (χ4n) is 6.07. The number of hydrogen-bond donors (Lipinski definition) is 1. The zero-order valence-corrected chi connectivity index (χ0v) is 19.9. The summed E-state index contributed by atoms with van der Waals surface area (Å²) < 4.78 is 12.3. The molecule has 0 bridgehead atoms. The van der Waals surface area contributed by atoms with Crippen LogP contribution in [0.5, 0.6) is 0 Å². The Bertz CT molecular complexity index is 852. The van der Waals surface area contributed by atoms with Crippen LogP contribution in [0, 0.1) is 11.8 Å². The first-order chi connectivity index (χ1) is 15.9. The van der Waals surface area contributed by atoms with Crippen LogP contribution in [0.3, 0.4) is 0 Å². The number of esters is 1. The fourth-order valence-corrected chi connectivity index (χ4v) is 6.07. The highest BCUT2D eigenvalue weighted by atomic mass is 16.6. The Labute approximate surface area is 195 Å². The Hall–Kier alpha value is -2.19. The maximum atomic E-state index is 14.0. The lowest BCUT2D eigenvalue weighted by Crippen LogP contribution is -2.59. The van der Waals surface area contributed by atoms with Crippen LogP contribution in [0.2, 0.25) is 0 Å². The van der Waals surface area contributed by atoms with Crippen LogP contribution in [0.4, 0.5) is 0 Å². The van der Waals surface area contributed by atoms with Crippen molar-refractivity contribution in [3.8, 4) is 0 Å². The number of unbranched alkanes of at least 4 members (excludes halogenated alkanes) is 1. The zero-order chi connectivity index (χ0) is 23.8. The Morgan fingerprint density at radius 2 is 1.91 bits per heavy atom. The highest BCUT2D eigenvalue weighted by Gasteiger charge is 2.75. The highest BCUT2D eigenvalue weighted by molar-refractivity contribution is 5.99. The lowest BCUT2D eigenvalue weighted by atomic mass is 9.73. The number of carbonyl (C=O) groups is 3. The number of nitrogens with zero attached hydrogens (tertiary/aromatic N) is 2. The van der Waals surface area contributed by atoms with Crippen LogP contribution in [-0.4, -0.2) is 82.3 Å². The van der Waals surface area contributed by atoms with Crippen molar-refractivity contribution in [1.29, 1.82) is 0 Å². The third-order valence-corrected chi connectivity index (χ3v) is 7.78. The van der Waals surface area contributed by atoms with Crippen molar-refractivity contribution in [2.75, 3.05) is 26.3 Å². The van der Waals surface area contributed by atoms with Gasteiger partial charge in [-0.3, -0.25) is 14.4 Å². The van der Waals surface area contributed by atoms with E-state index in [0.717, 1.165) is 12.8 Å². The molecule has 2 saturated heterocycles. The molecule has 1 N–H and O–H groups in total. The monoisotopic (exact) mass is 460 g/mol. The number of cyclic esters (lactones) is 1. The summed E-state index contributed by atoms with van der Waals surface area (Å²) in [5.41, 5.74) is -2.31. The van der Waals surface area contributed by atoms with E-state index in [-0.39, 0.29) is 25.0 Å². The number of ether oxygens (including phenoxy) is 2. The molecule has 2 fully saturated rings. The molecule has 0 saturated carbocycles. The van der Waals surface area contributed by atoms with Gasteiger partial charge in [0.2, 0.25) is 11.8 Å². The molecule has 0 aromatic rings. The van der Waals surface area contributed by atoms with E-state index < -0.39 is 41.1 Å². The number of amides is 2. The molecule has 4 aliphatic heterocycles. The molecule has 182 valence electrons. The van der Waals surface area contributed by atoms with Gasteiger partial charge in [0, 0.05) is 13.1 Å². The number of carbonyl (C=O) groups excluding carboxylic acids is 3. The molecule has 0 aromatic carbocycles.